The van der Waals surface area contributed by atoms with Gasteiger partial charge in [0, 0.05) is 17.7 Å². The molecule has 7 heteroatoms. The molecule has 0 atom stereocenters. The van der Waals surface area contributed by atoms with E-state index in [9.17, 15) is 10.1 Å². The van der Waals surface area contributed by atoms with Gasteiger partial charge in [0.2, 0.25) is 6.33 Å². The van der Waals surface area contributed by atoms with Crippen molar-refractivity contribution in [3.8, 4) is 0 Å². The predicted octanol–water partition coefficient (Wildman–Crippen LogP) is 0.184. The number of nitrogens with one attached hydrogen (secondary N) is 1. The number of rotatable bonds is 5. The summed E-state index contributed by atoms with van der Waals surface area (Å²) in [6, 6.07) is 0.397. The SMILES string of the molecule is CC(C)NCCn1cnc([N+](=O)[O-])n1. The molecule has 1 N–H and O–H groups in total. The van der Waals surface area contributed by atoms with Gasteiger partial charge in [-0.05, 0) is 4.92 Å². The van der Waals surface area contributed by atoms with E-state index in [-0.39, 0.29) is 5.95 Å². The van der Waals surface area contributed by atoms with Gasteiger partial charge in [-0.1, -0.05) is 18.8 Å². The monoisotopic (exact) mass is 199 g/mol. The van der Waals surface area contributed by atoms with Crippen molar-refractivity contribution in [3.63, 3.8) is 0 Å². The maximum atomic E-state index is 10.2. The van der Waals surface area contributed by atoms with Crippen LogP contribution in [0.1, 0.15) is 13.8 Å². The van der Waals surface area contributed by atoms with Gasteiger partial charge in [0.25, 0.3) is 0 Å². The van der Waals surface area contributed by atoms with Gasteiger partial charge in [0.1, 0.15) is 0 Å². The molecule has 0 radical (unpaired) electrons. The van der Waals surface area contributed by atoms with Crippen molar-refractivity contribution < 1.29 is 4.92 Å². The maximum absolute atomic E-state index is 10.2. The Labute approximate surface area is 81.3 Å². The topological polar surface area (TPSA) is 85.9 Å². The highest BCUT2D eigenvalue weighted by molar-refractivity contribution is 4.96. The smallest absolute Gasteiger partial charge is 0.390 e. The van der Waals surface area contributed by atoms with Crippen molar-refractivity contribution in [2.45, 2.75) is 26.4 Å². The molecule has 7 nitrogen and oxygen atoms in total. The molecule has 0 saturated carbocycles. The van der Waals surface area contributed by atoms with Crippen LogP contribution in [0, 0.1) is 10.1 Å². The molecule has 0 fully saturated rings. The number of hydrogen-bond acceptors (Lipinski definition) is 5. The number of hydrogen-bond donors (Lipinski definition) is 1. The largest absolute Gasteiger partial charge is 0.490 e. The Hall–Kier alpha value is -1.50. The Bertz CT molecular complexity index is 309. The lowest BCUT2D eigenvalue weighted by atomic mass is 10.4. The Morgan fingerprint density at radius 3 is 2.93 bits per heavy atom. The summed E-state index contributed by atoms with van der Waals surface area (Å²) in [5.74, 6) is -0.352. The first-order valence-corrected chi connectivity index (χ1v) is 4.37. The molecule has 14 heavy (non-hydrogen) atoms. The van der Waals surface area contributed by atoms with Gasteiger partial charge in [-0.15, -0.1) is 0 Å². The van der Waals surface area contributed by atoms with Crippen LogP contribution in [0.25, 0.3) is 0 Å². The highest BCUT2D eigenvalue weighted by atomic mass is 16.6. The Balaban J connectivity index is 2.40. The lowest BCUT2D eigenvalue weighted by Crippen LogP contribution is -2.26. The predicted molar refractivity (Wildman–Crippen MR) is 49.8 cm³/mol. The lowest BCUT2D eigenvalue weighted by molar-refractivity contribution is -0.394. The van der Waals surface area contributed by atoms with Crippen molar-refractivity contribution in [2.75, 3.05) is 6.54 Å². The van der Waals surface area contributed by atoms with Gasteiger partial charge < -0.3 is 15.4 Å². The van der Waals surface area contributed by atoms with Gasteiger partial charge in [-0.3, -0.25) is 0 Å². The molecule has 0 bridgehead atoms. The molecular weight excluding hydrogens is 186 g/mol. The van der Waals surface area contributed by atoms with E-state index in [1.807, 2.05) is 13.8 Å². The standard InChI is InChI=1S/C7H13N5O2/c1-6(2)8-3-4-11-5-9-7(10-11)12(13)14/h5-6,8H,3-4H2,1-2H3. The third kappa shape index (κ3) is 3.09. The minimum Gasteiger partial charge on any atom is -0.390 e. The number of aromatic nitrogens is 3. The van der Waals surface area contributed by atoms with E-state index in [2.05, 4.69) is 15.4 Å². The fourth-order valence-corrected chi connectivity index (χ4v) is 0.944. The summed E-state index contributed by atoms with van der Waals surface area (Å²) < 4.78 is 1.45. The summed E-state index contributed by atoms with van der Waals surface area (Å²) >= 11 is 0. The summed E-state index contributed by atoms with van der Waals surface area (Å²) in [6.07, 6.45) is 1.36. The highest BCUT2D eigenvalue weighted by Crippen LogP contribution is 1.98. The molecule has 0 aliphatic heterocycles. The Morgan fingerprint density at radius 1 is 1.71 bits per heavy atom. The Kier molecular flexibility index (Phi) is 3.52. The summed E-state index contributed by atoms with van der Waals surface area (Å²) in [5, 5.41) is 17.1. The molecule has 1 heterocycles. The van der Waals surface area contributed by atoms with E-state index in [0.717, 1.165) is 6.54 Å². The first kappa shape index (κ1) is 10.6. The molecular formula is C7H13N5O2. The molecule has 0 aliphatic rings. The van der Waals surface area contributed by atoms with Gasteiger partial charge in [0.05, 0.1) is 6.54 Å². The zero-order valence-corrected chi connectivity index (χ0v) is 8.17. The zero-order chi connectivity index (χ0) is 10.6. The molecule has 0 spiro atoms. The quantitative estimate of drug-likeness (QED) is 0.540. The van der Waals surface area contributed by atoms with Crippen LogP contribution in [0.15, 0.2) is 6.33 Å². The third-order valence-corrected chi connectivity index (χ3v) is 1.58. The minimum absolute atomic E-state index is 0.352. The number of nitrogens with zero attached hydrogens (tertiary/aromatic N) is 4. The first-order valence-electron chi connectivity index (χ1n) is 4.37. The van der Waals surface area contributed by atoms with Crippen LogP contribution in [0.2, 0.25) is 0 Å². The molecule has 1 aromatic rings. The average Bonchev–Trinajstić information content (AvgIpc) is 2.52. The third-order valence-electron chi connectivity index (χ3n) is 1.58. The van der Waals surface area contributed by atoms with E-state index in [0.29, 0.717) is 12.6 Å². The van der Waals surface area contributed by atoms with Crippen molar-refractivity contribution in [2.24, 2.45) is 0 Å². The minimum atomic E-state index is -0.605. The van der Waals surface area contributed by atoms with Crippen LogP contribution in [-0.4, -0.2) is 32.3 Å². The average molecular weight is 199 g/mol. The van der Waals surface area contributed by atoms with Crippen LogP contribution in [0.4, 0.5) is 5.95 Å². The molecule has 0 aromatic carbocycles. The fourth-order valence-electron chi connectivity index (χ4n) is 0.944. The van der Waals surface area contributed by atoms with Gasteiger partial charge in [-0.25, -0.2) is 0 Å². The van der Waals surface area contributed by atoms with Crippen LogP contribution >= 0.6 is 0 Å². The van der Waals surface area contributed by atoms with Crippen molar-refractivity contribution in [3.05, 3.63) is 16.4 Å². The van der Waals surface area contributed by atoms with Gasteiger partial charge >= 0.3 is 5.95 Å². The second-order valence-corrected chi connectivity index (χ2v) is 3.17. The van der Waals surface area contributed by atoms with Crippen LogP contribution < -0.4 is 5.32 Å². The second-order valence-electron chi connectivity index (χ2n) is 3.17. The molecule has 1 aromatic heterocycles. The van der Waals surface area contributed by atoms with Crippen LogP contribution in [0.3, 0.4) is 0 Å². The van der Waals surface area contributed by atoms with Crippen molar-refractivity contribution in [1.82, 2.24) is 20.1 Å². The molecule has 0 saturated heterocycles. The van der Waals surface area contributed by atoms with E-state index < -0.39 is 4.92 Å². The van der Waals surface area contributed by atoms with E-state index in [1.165, 1.54) is 11.0 Å². The second kappa shape index (κ2) is 4.66. The molecule has 0 unspecified atom stereocenters. The summed E-state index contributed by atoms with van der Waals surface area (Å²) in [5.41, 5.74) is 0. The summed E-state index contributed by atoms with van der Waals surface area (Å²) in [7, 11) is 0. The van der Waals surface area contributed by atoms with Crippen LogP contribution in [-0.2, 0) is 6.54 Å². The lowest BCUT2D eigenvalue weighted by Gasteiger charge is -2.05. The van der Waals surface area contributed by atoms with Crippen molar-refractivity contribution in [1.29, 1.82) is 0 Å². The summed E-state index contributed by atoms with van der Waals surface area (Å²) in [4.78, 5) is 13.2. The maximum Gasteiger partial charge on any atom is 0.490 e. The molecule has 1 rings (SSSR count). The molecule has 78 valence electrons. The molecule has 0 amide bonds. The van der Waals surface area contributed by atoms with Gasteiger partial charge in [-0.2, -0.15) is 4.68 Å². The van der Waals surface area contributed by atoms with E-state index in [4.69, 9.17) is 0 Å². The molecule has 0 aliphatic carbocycles. The Morgan fingerprint density at radius 2 is 2.43 bits per heavy atom. The van der Waals surface area contributed by atoms with Crippen molar-refractivity contribution >= 4 is 5.95 Å². The van der Waals surface area contributed by atoms with E-state index in [1.54, 1.807) is 0 Å². The summed E-state index contributed by atoms with van der Waals surface area (Å²) in [6.45, 7) is 5.37. The first-order chi connectivity index (χ1) is 6.59. The normalized spacial score (nSPS) is 10.8. The fraction of sp³-hybridized carbons (Fsp3) is 0.714. The van der Waals surface area contributed by atoms with E-state index >= 15 is 0 Å². The van der Waals surface area contributed by atoms with Crippen LogP contribution in [0.5, 0.6) is 0 Å². The van der Waals surface area contributed by atoms with Gasteiger partial charge in [0.15, 0.2) is 0 Å². The zero-order valence-electron chi connectivity index (χ0n) is 8.17. The highest BCUT2D eigenvalue weighted by Gasteiger charge is 2.12. The number of nitro groups is 1.